The van der Waals surface area contributed by atoms with Gasteiger partial charge in [-0.3, -0.25) is 9.59 Å². The van der Waals surface area contributed by atoms with Crippen molar-refractivity contribution in [3.8, 4) is 0 Å². The minimum atomic E-state index is -0.201. The molecule has 1 aliphatic heterocycles. The number of nitrogens with one attached hydrogen (secondary N) is 1. The molecule has 1 saturated heterocycles. The first-order valence-corrected chi connectivity index (χ1v) is 6.15. The predicted molar refractivity (Wildman–Crippen MR) is 64.5 cm³/mol. The van der Waals surface area contributed by atoms with Crippen molar-refractivity contribution in [3.63, 3.8) is 0 Å². The van der Waals surface area contributed by atoms with Gasteiger partial charge in [-0.1, -0.05) is 6.92 Å². The van der Waals surface area contributed by atoms with E-state index in [1.807, 2.05) is 13.8 Å². The fraction of sp³-hybridized carbons (Fsp3) is 0.833. The van der Waals surface area contributed by atoms with Crippen LogP contribution in [0, 0.1) is 5.92 Å². The van der Waals surface area contributed by atoms with Crippen LogP contribution >= 0.6 is 0 Å². The highest BCUT2D eigenvalue weighted by atomic mass is 16.5. The summed E-state index contributed by atoms with van der Waals surface area (Å²) in [5.74, 6) is -0.160. The summed E-state index contributed by atoms with van der Waals surface area (Å²) in [7, 11) is 1.60. The van der Waals surface area contributed by atoms with Crippen molar-refractivity contribution in [3.05, 3.63) is 0 Å². The molecule has 5 nitrogen and oxygen atoms in total. The Balaban J connectivity index is 2.42. The molecule has 5 heteroatoms. The summed E-state index contributed by atoms with van der Waals surface area (Å²) in [6.45, 7) is 5.60. The molecule has 98 valence electrons. The van der Waals surface area contributed by atoms with Gasteiger partial charge < -0.3 is 15.0 Å². The first-order chi connectivity index (χ1) is 8.08. The number of hydrogen-bond acceptors (Lipinski definition) is 3. The second-order valence-electron chi connectivity index (χ2n) is 4.55. The first kappa shape index (κ1) is 14.0. The Morgan fingerprint density at radius 1 is 1.65 bits per heavy atom. The molecular weight excluding hydrogens is 220 g/mol. The Morgan fingerprint density at radius 3 is 2.94 bits per heavy atom. The van der Waals surface area contributed by atoms with Gasteiger partial charge >= 0.3 is 0 Å². The lowest BCUT2D eigenvalue weighted by atomic mass is 10.1. The molecule has 1 heterocycles. The van der Waals surface area contributed by atoms with Crippen LogP contribution in [0.1, 0.15) is 26.7 Å². The second kappa shape index (κ2) is 6.59. The van der Waals surface area contributed by atoms with Gasteiger partial charge in [-0.25, -0.2) is 0 Å². The number of rotatable bonds is 6. The van der Waals surface area contributed by atoms with Gasteiger partial charge in [0.2, 0.25) is 11.8 Å². The van der Waals surface area contributed by atoms with Gasteiger partial charge in [0.15, 0.2) is 0 Å². The summed E-state index contributed by atoms with van der Waals surface area (Å²) >= 11 is 0. The van der Waals surface area contributed by atoms with E-state index in [-0.39, 0.29) is 23.8 Å². The molecule has 2 atom stereocenters. The molecule has 1 aliphatic rings. The molecule has 0 aromatic heterocycles. The van der Waals surface area contributed by atoms with E-state index in [0.29, 0.717) is 26.1 Å². The Labute approximate surface area is 102 Å². The quantitative estimate of drug-likeness (QED) is 0.733. The number of carbonyl (C=O) groups excluding carboxylic acids is 2. The van der Waals surface area contributed by atoms with E-state index in [0.717, 1.165) is 6.42 Å². The van der Waals surface area contributed by atoms with Crippen LogP contribution < -0.4 is 5.32 Å². The van der Waals surface area contributed by atoms with Crippen LogP contribution in [-0.2, 0) is 14.3 Å². The van der Waals surface area contributed by atoms with Crippen LogP contribution in [0.4, 0.5) is 0 Å². The molecule has 0 bridgehead atoms. The Hall–Kier alpha value is -1.10. The minimum absolute atomic E-state index is 0.00684. The number of nitrogens with zero attached hydrogens (tertiary/aromatic N) is 1. The molecule has 1 rings (SSSR count). The molecule has 1 N–H and O–H groups in total. The zero-order chi connectivity index (χ0) is 12.8. The molecule has 0 aliphatic carbocycles. The van der Waals surface area contributed by atoms with Crippen LogP contribution in [0.5, 0.6) is 0 Å². The zero-order valence-electron chi connectivity index (χ0n) is 10.9. The highest BCUT2D eigenvalue weighted by molar-refractivity contribution is 5.89. The average molecular weight is 242 g/mol. The largest absolute Gasteiger partial charge is 0.383 e. The summed E-state index contributed by atoms with van der Waals surface area (Å²) in [5, 5.41) is 2.92. The van der Waals surface area contributed by atoms with E-state index in [2.05, 4.69) is 5.32 Å². The summed E-state index contributed by atoms with van der Waals surface area (Å²) in [4.78, 5) is 25.2. The standard InChI is InChI=1S/C12H22N2O3/c1-4-9(2)13-12(16)10-7-11(15)14(8-10)5-6-17-3/h9-10H,4-8H2,1-3H3,(H,13,16)/t9-,10+/m1/s1. The van der Waals surface area contributed by atoms with Gasteiger partial charge in [-0.05, 0) is 13.3 Å². The van der Waals surface area contributed by atoms with Gasteiger partial charge in [0.05, 0.1) is 12.5 Å². The second-order valence-corrected chi connectivity index (χ2v) is 4.55. The van der Waals surface area contributed by atoms with E-state index >= 15 is 0 Å². The lowest BCUT2D eigenvalue weighted by Crippen LogP contribution is -2.38. The predicted octanol–water partition coefficient (Wildman–Crippen LogP) is 0.396. The fourth-order valence-corrected chi connectivity index (χ4v) is 1.83. The normalized spacial score (nSPS) is 21.7. The third kappa shape index (κ3) is 4.00. The van der Waals surface area contributed by atoms with Crippen molar-refractivity contribution >= 4 is 11.8 Å². The number of methoxy groups -OCH3 is 1. The number of amides is 2. The molecule has 17 heavy (non-hydrogen) atoms. The van der Waals surface area contributed by atoms with Gasteiger partial charge in [0.1, 0.15) is 0 Å². The smallest absolute Gasteiger partial charge is 0.225 e. The van der Waals surface area contributed by atoms with Crippen molar-refractivity contribution in [2.45, 2.75) is 32.7 Å². The first-order valence-electron chi connectivity index (χ1n) is 6.15. The topological polar surface area (TPSA) is 58.6 Å². The highest BCUT2D eigenvalue weighted by Gasteiger charge is 2.34. The van der Waals surface area contributed by atoms with Gasteiger partial charge in [0.25, 0.3) is 0 Å². The van der Waals surface area contributed by atoms with Gasteiger partial charge in [-0.15, -0.1) is 0 Å². The zero-order valence-corrected chi connectivity index (χ0v) is 10.9. The van der Waals surface area contributed by atoms with Crippen LogP contribution in [-0.4, -0.2) is 49.6 Å². The minimum Gasteiger partial charge on any atom is -0.383 e. The number of carbonyl (C=O) groups is 2. The summed E-state index contributed by atoms with van der Waals surface area (Å²) in [6, 6.07) is 0.172. The van der Waals surface area contributed by atoms with Crippen LogP contribution in [0.15, 0.2) is 0 Å². The van der Waals surface area contributed by atoms with Gasteiger partial charge in [0, 0.05) is 32.7 Å². The van der Waals surface area contributed by atoms with Crippen molar-refractivity contribution in [1.82, 2.24) is 10.2 Å². The summed E-state index contributed by atoms with van der Waals surface area (Å²) in [6.07, 6.45) is 1.23. The highest BCUT2D eigenvalue weighted by Crippen LogP contribution is 2.17. The molecule has 0 radical (unpaired) electrons. The average Bonchev–Trinajstić information content (AvgIpc) is 2.68. The van der Waals surface area contributed by atoms with Crippen molar-refractivity contribution in [1.29, 1.82) is 0 Å². The van der Waals surface area contributed by atoms with Crippen LogP contribution in [0.3, 0.4) is 0 Å². The molecule has 0 spiro atoms. The maximum absolute atomic E-state index is 11.9. The lowest BCUT2D eigenvalue weighted by molar-refractivity contribution is -0.129. The number of likely N-dealkylation sites (tertiary alicyclic amines) is 1. The van der Waals surface area contributed by atoms with E-state index < -0.39 is 0 Å². The van der Waals surface area contributed by atoms with Crippen molar-refractivity contribution in [2.24, 2.45) is 5.92 Å². The molecule has 0 unspecified atom stereocenters. The number of ether oxygens (including phenoxy) is 1. The molecular formula is C12H22N2O3. The van der Waals surface area contributed by atoms with E-state index in [9.17, 15) is 9.59 Å². The Kier molecular flexibility index (Phi) is 5.41. The molecule has 0 aromatic rings. The maximum Gasteiger partial charge on any atom is 0.225 e. The SMILES string of the molecule is CC[C@@H](C)NC(=O)[C@H]1CC(=O)N(CCOC)C1. The summed E-state index contributed by atoms with van der Waals surface area (Å²) in [5.41, 5.74) is 0. The third-order valence-electron chi connectivity index (χ3n) is 3.15. The summed E-state index contributed by atoms with van der Waals surface area (Å²) < 4.78 is 4.94. The van der Waals surface area contributed by atoms with E-state index in [4.69, 9.17) is 4.74 Å². The van der Waals surface area contributed by atoms with Crippen molar-refractivity contribution in [2.75, 3.05) is 26.8 Å². The van der Waals surface area contributed by atoms with Crippen molar-refractivity contribution < 1.29 is 14.3 Å². The molecule has 0 saturated carbocycles. The Bertz CT molecular complexity index is 281. The maximum atomic E-state index is 11.9. The lowest BCUT2D eigenvalue weighted by Gasteiger charge is -2.17. The molecule has 2 amide bonds. The Morgan fingerprint density at radius 2 is 2.35 bits per heavy atom. The van der Waals surface area contributed by atoms with Gasteiger partial charge in [-0.2, -0.15) is 0 Å². The fourth-order valence-electron chi connectivity index (χ4n) is 1.83. The molecule has 1 fully saturated rings. The van der Waals surface area contributed by atoms with E-state index in [1.54, 1.807) is 12.0 Å². The van der Waals surface area contributed by atoms with E-state index in [1.165, 1.54) is 0 Å². The molecule has 0 aromatic carbocycles. The van der Waals surface area contributed by atoms with Crippen LogP contribution in [0.25, 0.3) is 0 Å². The monoisotopic (exact) mass is 242 g/mol. The van der Waals surface area contributed by atoms with Crippen LogP contribution in [0.2, 0.25) is 0 Å². The number of hydrogen-bond donors (Lipinski definition) is 1. The third-order valence-corrected chi connectivity index (χ3v) is 3.15.